The van der Waals surface area contributed by atoms with Crippen LogP contribution in [0.5, 0.6) is 11.5 Å². The Morgan fingerprint density at radius 1 is 1.27 bits per heavy atom. The fraction of sp³-hybridized carbons (Fsp3) is 0.381. The van der Waals surface area contributed by atoms with Crippen molar-refractivity contribution < 1.29 is 19.7 Å². The molecule has 5 heteroatoms. The van der Waals surface area contributed by atoms with Crippen LogP contribution in [0.1, 0.15) is 45.9 Å². The second kappa shape index (κ2) is 6.65. The zero-order valence-corrected chi connectivity index (χ0v) is 14.7. The average Bonchev–Trinajstić information content (AvgIpc) is 3.07. The van der Waals surface area contributed by atoms with Gasteiger partial charge in [0, 0.05) is 17.5 Å². The zero-order valence-electron chi connectivity index (χ0n) is 14.7. The number of rotatable bonds is 4. The normalized spacial score (nSPS) is 22.1. The number of aliphatic hydroxyl groups excluding tert-OH is 1. The van der Waals surface area contributed by atoms with E-state index in [2.05, 4.69) is 11.4 Å². The SMILES string of the molecule is Cc1c(O)cccc1C(=O)N[C@H](c1ccc2c(c1)CCO2)C1CC(O)C1. The molecule has 2 aliphatic rings. The summed E-state index contributed by atoms with van der Waals surface area (Å²) in [6.45, 7) is 2.43. The van der Waals surface area contributed by atoms with E-state index in [-0.39, 0.29) is 29.7 Å². The van der Waals surface area contributed by atoms with Crippen LogP contribution in [0.2, 0.25) is 0 Å². The standard InChI is InChI=1S/C21H23NO4/c1-12-17(3-2-4-18(12)24)21(25)22-20(15-10-16(23)11-15)14-5-6-19-13(9-14)7-8-26-19/h2-6,9,15-16,20,23-24H,7-8,10-11H2,1H3,(H,22,25)/t15?,16?,20-/m1/s1. The van der Waals surface area contributed by atoms with Gasteiger partial charge in [0.1, 0.15) is 11.5 Å². The summed E-state index contributed by atoms with van der Waals surface area (Å²) in [5, 5.41) is 22.7. The largest absolute Gasteiger partial charge is 0.508 e. The van der Waals surface area contributed by atoms with Gasteiger partial charge in [-0.25, -0.2) is 0 Å². The third-order valence-electron chi connectivity index (χ3n) is 5.53. The summed E-state index contributed by atoms with van der Waals surface area (Å²) in [6.07, 6.45) is 1.94. The average molecular weight is 353 g/mol. The summed E-state index contributed by atoms with van der Waals surface area (Å²) < 4.78 is 5.58. The minimum atomic E-state index is -0.292. The van der Waals surface area contributed by atoms with E-state index in [1.807, 2.05) is 12.1 Å². The van der Waals surface area contributed by atoms with Gasteiger partial charge in [0.2, 0.25) is 0 Å². The van der Waals surface area contributed by atoms with Gasteiger partial charge in [-0.2, -0.15) is 0 Å². The van der Waals surface area contributed by atoms with E-state index < -0.39 is 0 Å². The molecule has 1 fully saturated rings. The first-order valence-electron chi connectivity index (χ1n) is 9.06. The van der Waals surface area contributed by atoms with Crippen LogP contribution in [-0.2, 0) is 6.42 Å². The molecule has 0 unspecified atom stereocenters. The summed E-state index contributed by atoms with van der Waals surface area (Å²) in [7, 11) is 0. The first kappa shape index (κ1) is 16.9. The maximum Gasteiger partial charge on any atom is 0.252 e. The van der Waals surface area contributed by atoms with E-state index in [4.69, 9.17) is 4.74 Å². The molecule has 4 rings (SSSR count). The molecule has 2 aromatic carbocycles. The Hall–Kier alpha value is -2.53. The second-order valence-corrected chi connectivity index (χ2v) is 7.25. The third-order valence-corrected chi connectivity index (χ3v) is 5.53. The molecule has 1 amide bonds. The van der Waals surface area contributed by atoms with E-state index in [1.165, 1.54) is 0 Å². The van der Waals surface area contributed by atoms with Crippen molar-refractivity contribution in [1.82, 2.24) is 5.32 Å². The monoisotopic (exact) mass is 353 g/mol. The number of hydrogen-bond donors (Lipinski definition) is 3. The van der Waals surface area contributed by atoms with Crippen molar-refractivity contribution in [2.45, 2.75) is 38.3 Å². The Morgan fingerprint density at radius 3 is 2.85 bits per heavy atom. The second-order valence-electron chi connectivity index (χ2n) is 7.25. The zero-order chi connectivity index (χ0) is 18.3. The number of carbonyl (C=O) groups is 1. The van der Waals surface area contributed by atoms with Crippen molar-refractivity contribution in [2.75, 3.05) is 6.61 Å². The Morgan fingerprint density at radius 2 is 2.08 bits per heavy atom. The molecular weight excluding hydrogens is 330 g/mol. The molecule has 3 N–H and O–H groups in total. The minimum Gasteiger partial charge on any atom is -0.508 e. The molecule has 26 heavy (non-hydrogen) atoms. The maximum absolute atomic E-state index is 12.9. The third kappa shape index (κ3) is 3.03. The molecule has 1 atom stereocenters. The lowest BCUT2D eigenvalue weighted by molar-refractivity contribution is 0.0235. The summed E-state index contributed by atoms with van der Waals surface area (Å²) in [4.78, 5) is 12.9. The van der Waals surface area contributed by atoms with Crippen molar-refractivity contribution in [3.8, 4) is 11.5 Å². The summed E-state index contributed by atoms with van der Waals surface area (Å²) in [5.74, 6) is 1.02. The first-order chi connectivity index (χ1) is 12.5. The highest BCUT2D eigenvalue weighted by Gasteiger charge is 2.36. The van der Waals surface area contributed by atoms with Gasteiger partial charge in [0.05, 0.1) is 18.8 Å². The summed E-state index contributed by atoms with van der Waals surface area (Å²) in [6, 6.07) is 10.9. The van der Waals surface area contributed by atoms with Crippen LogP contribution in [0.25, 0.3) is 0 Å². The van der Waals surface area contributed by atoms with Crippen molar-refractivity contribution in [3.63, 3.8) is 0 Å². The molecule has 1 saturated carbocycles. The van der Waals surface area contributed by atoms with Crippen LogP contribution in [0.3, 0.4) is 0 Å². The van der Waals surface area contributed by atoms with Crippen molar-refractivity contribution >= 4 is 5.91 Å². The Bertz CT molecular complexity index is 842. The predicted molar refractivity (Wildman–Crippen MR) is 97.4 cm³/mol. The molecule has 0 aromatic heterocycles. The maximum atomic E-state index is 12.9. The molecular formula is C21H23NO4. The van der Waals surface area contributed by atoms with Gasteiger partial charge >= 0.3 is 0 Å². The number of carbonyl (C=O) groups excluding carboxylic acids is 1. The van der Waals surface area contributed by atoms with Crippen LogP contribution in [0.15, 0.2) is 36.4 Å². The van der Waals surface area contributed by atoms with Gasteiger partial charge < -0.3 is 20.3 Å². The van der Waals surface area contributed by atoms with E-state index in [0.29, 0.717) is 30.6 Å². The number of phenolic OH excluding ortho intramolecular Hbond substituents is 1. The molecule has 1 heterocycles. The molecule has 1 aliphatic carbocycles. The number of phenols is 1. The Labute approximate surface area is 152 Å². The fourth-order valence-electron chi connectivity index (χ4n) is 3.86. The molecule has 5 nitrogen and oxygen atoms in total. The van der Waals surface area contributed by atoms with Gasteiger partial charge in [-0.1, -0.05) is 12.1 Å². The van der Waals surface area contributed by atoms with Gasteiger partial charge in [-0.05, 0) is 61.1 Å². The lowest BCUT2D eigenvalue weighted by Gasteiger charge is -2.38. The van der Waals surface area contributed by atoms with Gasteiger partial charge in [0.25, 0.3) is 5.91 Å². The highest BCUT2D eigenvalue weighted by atomic mass is 16.5. The fourth-order valence-corrected chi connectivity index (χ4v) is 3.86. The van der Waals surface area contributed by atoms with Crippen LogP contribution in [0.4, 0.5) is 0 Å². The number of amides is 1. The Kier molecular flexibility index (Phi) is 4.32. The van der Waals surface area contributed by atoms with E-state index >= 15 is 0 Å². The topological polar surface area (TPSA) is 78.8 Å². The van der Waals surface area contributed by atoms with Crippen LogP contribution < -0.4 is 10.1 Å². The lowest BCUT2D eigenvalue weighted by atomic mass is 9.74. The summed E-state index contributed by atoms with van der Waals surface area (Å²) in [5.41, 5.74) is 3.24. The first-order valence-corrected chi connectivity index (χ1v) is 9.06. The number of nitrogens with one attached hydrogen (secondary N) is 1. The molecule has 2 aromatic rings. The molecule has 0 radical (unpaired) electrons. The van der Waals surface area contributed by atoms with Gasteiger partial charge in [-0.3, -0.25) is 4.79 Å². The van der Waals surface area contributed by atoms with E-state index in [0.717, 1.165) is 23.3 Å². The molecule has 0 saturated heterocycles. The minimum absolute atomic E-state index is 0.114. The highest BCUT2D eigenvalue weighted by molar-refractivity contribution is 5.96. The predicted octanol–water partition coefficient (Wildman–Crippen LogP) is 2.88. The van der Waals surface area contributed by atoms with Crippen LogP contribution >= 0.6 is 0 Å². The smallest absolute Gasteiger partial charge is 0.252 e. The lowest BCUT2D eigenvalue weighted by Crippen LogP contribution is -2.41. The summed E-state index contributed by atoms with van der Waals surface area (Å²) >= 11 is 0. The molecule has 136 valence electrons. The highest BCUT2D eigenvalue weighted by Crippen LogP contribution is 2.40. The number of aliphatic hydroxyl groups is 1. The van der Waals surface area contributed by atoms with Crippen molar-refractivity contribution in [1.29, 1.82) is 0 Å². The number of fused-ring (bicyclic) bond motifs is 1. The van der Waals surface area contributed by atoms with Crippen molar-refractivity contribution in [2.24, 2.45) is 5.92 Å². The van der Waals surface area contributed by atoms with Gasteiger partial charge in [0.15, 0.2) is 0 Å². The van der Waals surface area contributed by atoms with E-state index in [1.54, 1.807) is 25.1 Å². The van der Waals surface area contributed by atoms with E-state index in [9.17, 15) is 15.0 Å². The molecule has 1 aliphatic heterocycles. The quantitative estimate of drug-likeness (QED) is 0.790. The number of hydrogen-bond acceptors (Lipinski definition) is 4. The Balaban J connectivity index is 1.62. The van der Waals surface area contributed by atoms with Crippen LogP contribution in [-0.4, -0.2) is 28.8 Å². The molecule has 0 spiro atoms. The number of ether oxygens (including phenoxy) is 1. The molecule has 0 bridgehead atoms. The van der Waals surface area contributed by atoms with Crippen LogP contribution in [0, 0.1) is 12.8 Å². The van der Waals surface area contributed by atoms with Crippen molar-refractivity contribution in [3.05, 3.63) is 58.7 Å². The van der Waals surface area contributed by atoms with Gasteiger partial charge in [-0.15, -0.1) is 0 Å². The number of benzene rings is 2. The number of aromatic hydroxyl groups is 1.